The summed E-state index contributed by atoms with van der Waals surface area (Å²) in [5, 5.41) is 3.20. The molecule has 3 heteroatoms. The second-order valence-electron chi connectivity index (χ2n) is 3.38. The topological polar surface area (TPSA) is 17.1 Å². The maximum absolute atomic E-state index is 10.4. The summed E-state index contributed by atoms with van der Waals surface area (Å²) in [5.41, 5.74) is 0. The van der Waals surface area contributed by atoms with Crippen molar-refractivity contribution in [2.24, 2.45) is 0 Å². The van der Waals surface area contributed by atoms with Crippen LogP contribution in [0.15, 0.2) is 12.1 Å². The van der Waals surface area contributed by atoms with Gasteiger partial charge in [-0.1, -0.05) is 0 Å². The van der Waals surface area contributed by atoms with E-state index in [1.54, 1.807) is 6.07 Å². The Bertz CT molecular complexity index is 360. The van der Waals surface area contributed by atoms with E-state index in [0.717, 1.165) is 16.0 Å². The number of carbonyl (C=O) groups is 1. The Morgan fingerprint density at radius 3 is 2.54 bits per heavy atom. The highest BCUT2D eigenvalue weighted by atomic mass is 32.3. The predicted molar refractivity (Wildman–Crippen MR) is 61.9 cm³/mol. The molecule has 0 aliphatic rings. The van der Waals surface area contributed by atoms with E-state index in [4.69, 9.17) is 0 Å². The van der Waals surface area contributed by atoms with Crippen LogP contribution in [0.1, 0.15) is 14.5 Å². The average Bonchev–Trinajstić information content (AvgIpc) is 2.47. The molecule has 0 saturated heterocycles. The van der Waals surface area contributed by atoms with E-state index in [1.807, 2.05) is 6.07 Å². The molecule has 0 aliphatic carbocycles. The van der Waals surface area contributed by atoms with Gasteiger partial charge >= 0.3 is 0 Å². The van der Waals surface area contributed by atoms with Gasteiger partial charge in [-0.15, -0.1) is 11.3 Å². The van der Waals surface area contributed by atoms with Crippen molar-refractivity contribution in [3.63, 3.8) is 0 Å². The molecule has 1 nitrogen and oxygen atoms in total. The van der Waals surface area contributed by atoms with Gasteiger partial charge in [-0.3, -0.25) is 4.79 Å². The molecule has 0 saturated carbocycles. The third kappa shape index (κ3) is 3.67. The number of thiophene rings is 1. The van der Waals surface area contributed by atoms with E-state index >= 15 is 0 Å². The lowest BCUT2D eigenvalue weighted by Gasteiger charge is -2.14. The number of hydrogen-bond acceptors (Lipinski definition) is 2. The number of hydrogen-bond donors (Lipinski definition) is 0. The van der Waals surface area contributed by atoms with Crippen LogP contribution >= 0.6 is 21.4 Å². The minimum atomic E-state index is -0.763. The van der Waals surface area contributed by atoms with Gasteiger partial charge in [-0.25, -0.2) is 0 Å². The van der Waals surface area contributed by atoms with Gasteiger partial charge in [-0.05, 0) is 42.1 Å². The molecular formula is C10H12OS2. The van der Waals surface area contributed by atoms with E-state index in [-0.39, 0.29) is 0 Å². The molecule has 0 unspecified atom stereocenters. The molecular weight excluding hydrogens is 200 g/mol. The summed E-state index contributed by atoms with van der Waals surface area (Å²) in [7, 11) is -0.763. The van der Waals surface area contributed by atoms with Crippen LogP contribution < -0.4 is 0 Å². The Morgan fingerprint density at radius 2 is 2.08 bits per heavy atom. The Balaban J connectivity index is 2.84. The second kappa shape index (κ2) is 3.99. The van der Waals surface area contributed by atoms with Gasteiger partial charge in [0.25, 0.3) is 0 Å². The van der Waals surface area contributed by atoms with E-state index in [0.29, 0.717) is 0 Å². The Hall–Kier alpha value is -0.720. The standard InChI is InChI=1S/C10H12OS2/c1-13(2,3)7-6-9-4-5-10(8-11)12-9/h4-5,8H,1-3H3. The molecule has 1 heterocycles. The first-order valence-electron chi connectivity index (χ1n) is 3.77. The smallest absolute Gasteiger partial charge is 0.160 e. The lowest BCUT2D eigenvalue weighted by molar-refractivity contribution is 0.112. The quantitative estimate of drug-likeness (QED) is 0.516. The van der Waals surface area contributed by atoms with Crippen LogP contribution in [0.5, 0.6) is 0 Å². The van der Waals surface area contributed by atoms with E-state index in [2.05, 4.69) is 29.9 Å². The van der Waals surface area contributed by atoms with Crippen LogP contribution in [0.25, 0.3) is 0 Å². The lowest BCUT2D eigenvalue weighted by atomic mass is 10.4. The van der Waals surface area contributed by atoms with Gasteiger partial charge in [0.15, 0.2) is 6.29 Å². The van der Waals surface area contributed by atoms with Gasteiger partial charge in [-0.2, -0.15) is 10.0 Å². The highest BCUT2D eigenvalue weighted by Gasteiger charge is 1.98. The van der Waals surface area contributed by atoms with Crippen LogP contribution in [-0.4, -0.2) is 25.1 Å². The molecule has 0 amide bonds. The van der Waals surface area contributed by atoms with Gasteiger partial charge in [0, 0.05) is 0 Å². The van der Waals surface area contributed by atoms with Gasteiger partial charge in [0.05, 0.1) is 9.75 Å². The molecule has 0 atom stereocenters. The molecule has 0 spiro atoms. The zero-order chi connectivity index (χ0) is 9.90. The van der Waals surface area contributed by atoms with Crippen molar-refractivity contribution in [2.45, 2.75) is 0 Å². The summed E-state index contributed by atoms with van der Waals surface area (Å²) < 4.78 is 0. The minimum Gasteiger partial charge on any atom is -0.297 e. The zero-order valence-electron chi connectivity index (χ0n) is 7.96. The van der Waals surface area contributed by atoms with Gasteiger partial charge < -0.3 is 0 Å². The van der Waals surface area contributed by atoms with Crippen molar-refractivity contribution in [1.29, 1.82) is 0 Å². The number of carbonyl (C=O) groups excluding carboxylic acids is 1. The van der Waals surface area contributed by atoms with Gasteiger partial charge in [0.1, 0.15) is 0 Å². The van der Waals surface area contributed by atoms with Crippen molar-refractivity contribution < 1.29 is 4.79 Å². The van der Waals surface area contributed by atoms with Gasteiger partial charge in [0.2, 0.25) is 0 Å². The molecule has 1 aromatic rings. The van der Waals surface area contributed by atoms with Crippen molar-refractivity contribution in [3.05, 3.63) is 21.9 Å². The maximum Gasteiger partial charge on any atom is 0.160 e. The van der Waals surface area contributed by atoms with Crippen molar-refractivity contribution in [1.82, 2.24) is 0 Å². The highest BCUT2D eigenvalue weighted by Crippen LogP contribution is 2.32. The molecule has 0 N–H and O–H groups in total. The molecule has 0 aliphatic heterocycles. The average molecular weight is 212 g/mol. The first kappa shape index (κ1) is 10.4. The molecule has 70 valence electrons. The van der Waals surface area contributed by atoms with Crippen LogP contribution in [0.2, 0.25) is 0 Å². The molecule has 0 aromatic carbocycles. The molecule has 0 radical (unpaired) electrons. The second-order valence-corrected chi connectivity index (χ2v) is 8.38. The van der Waals surface area contributed by atoms with Crippen molar-refractivity contribution in [3.8, 4) is 11.2 Å². The van der Waals surface area contributed by atoms with Crippen molar-refractivity contribution >= 4 is 27.7 Å². The van der Waals surface area contributed by atoms with Crippen LogP contribution in [-0.2, 0) is 0 Å². The van der Waals surface area contributed by atoms with E-state index < -0.39 is 10.0 Å². The summed E-state index contributed by atoms with van der Waals surface area (Å²) in [6, 6.07) is 3.70. The summed E-state index contributed by atoms with van der Waals surface area (Å²) >= 11 is 1.45. The number of rotatable bonds is 1. The highest BCUT2D eigenvalue weighted by molar-refractivity contribution is 8.35. The Kier molecular flexibility index (Phi) is 3.18. The van der Waals surface area contributed by atoms with Crippen LogP contribution in [0.4, 0.5) is 0 Å². The first-order valence-corrected chi connectivity index (χ1v) is 7.45. The number of aldehydes is 1. The fourth-order valence-corrected chi connectivity index (χ4v) is 1.84. The zero-order valence-corrected chi connectivity index (χ0v) is 9.59. The Morgan fingerprint density at radius 1 is 1.38 bits per heavy atom. The third-order valence-corrected chi connectivity index (χ3v) is 2.86. The van der Waals surface area contributed by atoms with E-state index in [9.17, 15) is 4.79 Å². The van der Waals surface area contributed by atoms with E-state index in [1.165, 1.54) is 11.3 Å². The molecule has 0 fully saturated rings. The summed E-state index contributed by atoms with van der Waals surface area (Å²) in [6.45, 7) is 0. The first-order chi connectivity index (χ1) is 6.01. The normalized spacial score (nSPS) is 11.6. The van der Waals surface area contributed by atoms with Crippen LogP contribution in [0.3, 0.4) is 0 Å². The predicted octanol–water partition coefficient (Wildman–Crippen LogP) is 2.56. The molecule has 1 aromatic heterocycles. The fraction of sp³-hybridized carbons (Fsp3) is 0.300. The molecule has 13 heavy (non-hydrogen) atoms. The SMILES string of the molecule is CS(C)(C)C#Cc1ccc(C=O)s1. The van der Waals surface area contributed by atoms with Crippen molar-refractivity contribution in [2.75, 3.05) is 18.8 Å². The summed E-state index contributed by atoms with van der Waals surface area (Å²) in [6.07, 6.45) is 7.30. The Labute approximate surface area is 84.5 Å². The fourth-order valence-electron chi connectivity index (χ4n) is 0.687. The summed E-state index contributed by atoms with van der Waals surface area (Å²) in [5.74, 6) is 3.09. The maximum atomic E-state index is 10.4. The third-order valence-electron chi connectivity index (χ3n) is 1.22. The largest absolute Gasteiger partial charge is 0.297 e. The minimum absolute atomic E-state index is 0.744. The monoisotopic (exact) mass is 212 g/mol. The molecule has 0 bridgehead atoms. The lowest BCUT2D eigenvalue weighted by Crippen LogP contribution is -1.84. The van der Waals surface area contributed by atoms with Crippen LogP contribution in [0, 0.1) is 11.2 Å². The summed E-state index contributed by atoms with van der Waals surface area (Å²) in [4.78, 5) is 12.1. The molecule has 1 rings (SSSR count).